The molecular formula is C8H11NOS. The summed E-state index contributed by atoms with van der Waals surface area (Å²) in [5.41, 5.74) is 2.19. The molecule has 0 N–H and O–H groups in total. The van der Waals surface area contributed by atoms with Crippen LogP contribution in [0.4, 0.5) is 0 Å². The first-order chi connectivity index (χ1) is 5.29. The van der Waals surface area contributed by atoms with E-state index in [1.54, 1.807) is 18.0 Å². The average molecular weight is 169 g/mol. The number of thioether (sulfide) groups is 1. The van der Waals surface area contributed by atoms with Gasteiger partial charge in [-0.3, -0.25) is 0 Å². The maximum atomic E-state index is 4.69. The van der Waals surface area contributed by atoms with Crippen LogP contribution < -0.4 is 0 Å². The van der Waals surface area contributed by atoms with Crippen LogP contribution in [-0.2, 0) is 5.75 Å². The average Bonchev–Trinajstić information content (AvgIpc) is 2.39. The zero-order chi connectivity index (χ0) is 8.10. The third-order valence-corrected chi connectivity index (χ3v) is 2.29. The molecule has 0 aliphatic rings. The van der Waals surface area contributed by atoms with Crippen molar-refractivity contribution in [3.8, 4) is 0 Å². The predicted octanol–water partition coefficient (Wildman–Crippen LogP) is 2.48. The van der Waals surface area contributed by atoms with Gasteiger partial charge in [0.1, 0.15) is 6.26 Å². The van der Waals surface area contributed by atoms with E-state index < -0.39 is 0 Å². The maximum absolute atomic E-state index is 4.69. The van der Waals surface area contributed by atoms with Gasteiger partial charge in [0, 0.05) is 17.6 Å². The van der Waals surface area contributed by atoms with Crippen LogP contribution in [0.3, 0.4) is 0 Å². The summed E-state index contributed by atoms with van der Waals surface area (Å²) >= 11 is 1.80. The molecule has 0 unspecified atom stereocenters. The zero-order valence-corrected chi connectivity index (χ0v) is 7.36. The van der Waals surface area contributed by atoms with E-state index in [9.17, 15) is 0 Å². The zero-order valence-electron chi connectivity index (χ0n) is 6.54. The molecule has 0 aliphatic heterocycles. The van der Waals surface area contributed by atoms with Gasteiger partial charge in [-0.15, -0.1) is 0 Å². The Labute approximate surface area is 70.7 Å². The standard InChI is InChI=1S/C8H11NOS/c1-7(2)5-11-6-8-3-4-10-9-8/h3-4H,1,5-6H2,2H3. The molecule has 0 amide bonds. The SMILES string of the molecule is C=C(C)CSCc1ccon1. The molecule has 1 aromatic rings. The molecule has 60 valence electrons. The lowest BCUT2D eigenvalue weighted by atomic mass is 10.4. The summed E-state index contributed by atoms with van der Waals surface area (Å²) in [6.07, 6.45) is 1.59. The molecule has 0 atom stereocenters. The first-order valence-electron chi connectivity index (χ1n) is 3.40. The highest BCUT2D eigenvalue weighted by Gasteiger charge is 1.95. The van der Waals surface area contributed by atoms with Crippen LogP contribution in [0.15, 0.2) is 29.0 Å². The van der Waals surface area contributed by atoms with Gasteiger partial charge in [-0.2, -0.15) is 11.8 Å². The minimum absolute atomic E-state index is 0.906. The first kappa shape index (κ1) is 8.40. The monoisotopic (exact) mass is 169 g/mol. The second-order valence-corrected chi connectivity index (χ2v) is 3.43. The van der Waals surface area contributed by atoms with E-state index in [0.717, 1.165) is 17.2 Å². The van der Waals surface area contributed by atoms with Gasteiger partial charge in [-0.25, -0.2) is 0 Å². The van der Waals surface area contributed by atoms with Crippen molar-refractivity contribution in [1.82, 2.24) is 5.16 Å². The molecule has 0 aromatic carbocycles. The summed E-state index contributed by atoms with van der Waals surface area (Å²) in [5.74, 6) is 1.90. The van der Waals surface area contributed by atoms with E-state index in [0.29, 0.717) is 0 Å². The minimum Gasteiger partial charge on any atom is -0.364 e. The van der Waals surface area contributed by atoms with E-state index in [4.69, 9.17) is 0 Å². The van der Waals surface area contributed by atoms with Gasteiger partial charge in [-0.1, -0.05) is 17.3 Å². The Balaban J connectivity index is 2.19. The minimum atomic E-state index is 0.906. The lowest BCUT2D eigenvalue weighted by Gasteiger charge is -1.95. The van der Waals surface area contributed by atoms with Crippen LogP contribution in [0.25, 0.3) is 0 Å². The Kier molecular flexibility index (Phi) is 3.23. The van der Waals surface area contributed by atoms with Gasteiger partial charge in [0.2, 0.25) is 0 Å². The van der Waals surface area contributed by atoms with Gasteiger partial charge in [-0.05, 0) is 6.92 Å². The third kappa shape index (κ3) is 3.28. The largest absolute Gasteiger partial charge is 0.364 e. The summed E-state index contributed by atoms with van der Waals surface area (Å²) < 4.78 is 4.69. The van der Waals surface area contributed by atoms with E-state index in [-0.39, 0.29) is 0 Å². The smallest absolute Gasteiger partial charge is 0.124 e. The van der Waals surface area contributed by atoms with Gasteiger partial charge in [0.05, 0.1) is 5.69 Å². The number of rotatable bonds is 4. The maximum Gasteiger partial charge on any atom is 0.124 e. The van der Waals surface area contributed by atoms with Crippen molar-refractivity contribution in [2.45, 2.75) is 12.7 Å². The molecule has 11 heavy (non-hydrogen) atoms. The van der Waals surface area contributed by atoms with Crippen molar-refractivity contribution in [2.75, 3.05) is 5.75 Å². The van der Waals surface area contributed by atoms with E-state index >= 15 is 0 Å². The van der Waals surface area contributed by atoms with Gasteiger partial charge < -0.3 is 4.52 Å². The van der Waals surface area contributed by atoms with Crippen molar-refractivity contribution < 1.29 is 4.52 Å². The second kappa shape index (κ2) is 4.23. The highest BCUT2D eigenvalue weighted by molar-refractivity contribution is 7.98. The normalized spacial score (nSPS) is 9.91. The van der Waals surface area contributed by atoms with Crippen molar-refractivity contribution in [1.29, 1.82) is 0 Å². The highest BCUT2D eigenvalue weighted by Crippen LogP contribution is 2.12. The number of hydrogen-bond donors (Lipinski definition) is 0. The summed E-state index contributed by atoms with van der Waals surface area (Å²) in [7, 11) is 0. The van der Waals surface area contributed by atoms with E-state index in [2.05, 4.69) is 16.3 Å². The molecule has 0 radical (unpaired) electrons. The van der Waals surface area contributed by atoms with Crippen molar-refractivity contribution in [2.24, 2.45) is 0 Å². The van der Waals surface area contributed by atoms with Crippen molar-refractivity contribution in [3.63, 3.8) is 0 Å². The Morgan fingerprint density at radius 3 is 3.18 bits per heavy atom. The molecule has 1 rings (SSSR count). The van der Waals surface area contributed by atoms with E-state index in [1.807, 2.05) is 13.0 Å². The van der Waals surface area contributed by atoms with Crippen molar-refractivity contribution >= 4 is 11.8 Å². The topological polar surface area (TPSA) is 26.0 Å². The summed E-state index contributed by atoms with van der Waals surface area (Å²) in [6.45, 7) is 5.83. The molecule has 0 bridgehead atoms. The Bertz CT molecular complexity index is 218. The van der Waals surface area contributed by atoms with Crippen LogP contribution in [0, 0.1) is 0 Å². The fourth-order valence-electron chi connectivity index (χ4n) is 0.642. The van der Waals surface area contributed by atoms with Crippen molar-refractivity contribution in [3.05, 3.63) is 30.2 Å². The summed E-state index contributed by atoms with van der Waals surface area (Å²) in [6, 6.07) is 1.88. The second-order valence-electron chi connectivity index (χ2n) is 2.44. The lowest BCUT2D eigenvalue weighted by Crippen LogP contribution is -1.82. The third-order valence-electron chi connectivity index (χ3n) is 1.09. The fourth-order valence-corrected chi connectivity index (χ4v) is 1.45. The number of aromatic nitrogens is 1. The van der Waals surface area contributed by atoms with Crippen LogP contribution in [-0.4, -0.2) is 10.9 Å². The molecule has 0 fully saturated rings. The van der Waals surface area contributed by atoms with E-state index in [1.165, 1.54) is 5.57 Å². The molecule has 0 spiro atoms. The molecule has 1 heterocycles. The van der Waals surface area contributed by atoms with Crippen LogP contribution in [0.5, 0.6) is 0 Å². The molecule has 2 nitrogen and oxygen atoms in total. The first-order valence-corrected chi connectivity index (χ1v) is 4.56. The molecule has 1 aromatic heterocycles. The molecule has 0 saturated carbocycles. The quantitative estimate of drug-likeness (QED) is 0.648. The van der Waals surface area contributed by atoms with Gasteiger partial charge in [0.15, 0.2) is 0 Å². The fraction of sp³-hybridized carbons (Fsp3) is 0.375. The molecule has 0 saturated heterocycles. The highest BCUT2D eigenvalue weighted by atomic mass is 32.2. The van der Waals surface area contributed by atoms with Gasteiger partial charge in [0.25, 0.3) is 0 Å². The predicted molar refractivity (Wildman–Crippen MR) is 47.5 cm³/mol. The Hall–Kier alpha value is -0.700. The number of hydrogen-bond acceptors (Lipinski definition) is 3. The van der Waals surface area contributed by atoms with Crippen LogP contribution >= 0.6 is 11.8 Å². The Morgan fingerprint density at radius 1 is 1.82 bits per heavy atom. The lowest BCUT2D eigenvalue weighted by molar-refractivity contribution is 0.414. The Morgan fingerprint density at radius 2 is 2.64 bits per heavy atom. The summed E-state index contributed by atoms with van der Waals surface area (Å²) in [4.78, 5) is 0. The van der Waals surface area contributed by atoms with Crippen LogP contribution in [0.2, 0.25) is 0 Å². The van der Waals surface area contributed by atoms with Gasteiger partial charge >= 0.3 is 0 Å². The molecular weight excluding hydrogens is 158 g/mol. The molecule has 0 aliphatic carbocycles. The summed E-state index contributed by atoms with van der Waals surface area (Å²) in [5, 5.41) is 3.79. The number of nitrogens with zero attached hydrogens (tertiary/aromatic N) is 1. The van der Waals surface area contributed by atoms with Crippen LogP contribution in [0.1, 0.15) is 12.6 Å². The molecule has 3 heteroatoms.